The summed E-state index contributed by atoms with van der Waals surface area (Å²) in [5.41, 5.74) is -27.0. The van der Waals surface area contributed by atoms with E-state index in [0.717, 1.165) is 6.07 Å². The van der Waals surface area contributed by atoms with Crippen LogP contribution in [-0.2, 0) is 5.41 Å². The van der Waals surface area contributed by atoms with Crippen LogP contribution in [0.2, 0.25) is 0 Å². The molecule has 0 saturated heterocycles. The van der Waals surface area contributed by atoms with Crippen LogP contribution in [0.1, 0.15) is 104 Å². The first-order valence-corrected chi connectivity index (χ1v) is 19.0. The third-order valence-electron chi connectivity index (χ3n) is 11.0. The van der Waals surface area contributed by atoms with E-state index in [1.54, 1.807) is 0 Å². The predicted molar refractivity (Wildman–Crippen MR) is 267 cm³/mol. The molecule has 0 radical (unpaired) electrons. The first kappa shape index (κ1) is 14.0. The van der Waals surface area contributed by atoms with E-state index >= 15 is 0 Å². The smallest absolute Gasteiger partial charge is 0.0726 e. The highest BCUT2D eigenvalue weighted by Crippen LogP contribution is 2.64. The van der Waals surface area contributed by atoms with Crippen molar-refractivity contribution in [3.8, 4) is 66.8 Å². The maximum absolute atomic E-state index is 11.2. The lowest BCUT2D eigenvalue weighted by Crippen LogP contribution is -2.26. The molecule has 1 heteroatoms. The van der Waals surface area contributed by atoms with Crippen molar-refractivity contribution < 1.29 is 57.6 Å². The molecule has 3 aliphatic carbocycles. The summed E-state index contributed by atoms with van der Waals surface area (Å²) in [6.07, 6.45) is 0. The van der Waals surface area contributed by atoms with Crippen molar-refractivity contribution in [3.63, 3.8) is 0 Å². The minimum absolute atomic E-state index is 0.124. The van der Waals surface area contributed by atoms with Gasteiger partial charge in [0.2, 0.25) is 0 Å². The highest BCUT2D eigenvalue weighted by molar-refractivity contribution is 5.99. The van der Waals surface area contributed by atoms with Gasteiger partial charge in [-0.3, -0.25) is 0 Å². The molecule has 64 heavy (non-hydrogen) atoms. The Kier molecular flexibility index (Phi) is 3.12. The Bertz CT molecular complexity index is 5840. The molecule has 0 amide bonds. The largest absolute Gasteiger partial charge is 0.310 e. The van der Waals surface area contributed by atoms with Gasteiger partial charge in [0, 0.05) is 28.3 Å². The molecular weight excluding hydrogens is 771 g/mol. The highest BCUT2D eigenvalue weighted by Gasteiger charge is 2.52. The molecule has 2 unspecified atom stereocenters. The summed E-state index contributed by atoms with van der Waals surface area (Å²) in [5.74, 6) is -3.71. The number of rotatable bonds is 6. The van der Waals surface area contributed by atoms with Crippen molar-refractivity contribution in [2.24, 2.45) is 0 Å². The topological polar surface area (TPSA) is 3.24 Å². The number of para-hydroxylation sites is 1. The van der Waals surface area contributed by atoms with Crippen LogP contribution >= 0.6 is 0 Å². The van der Waals surface area contributed by atoms with Crippen molar-refractivity contribution >= 4 is 17.1 Å². The van der Waals surface area contributed by atoms with Crippen LogP contribution in [-0.4, -0.2) is 0 Å². The van der Waals surface area contributed by atoms with Gasteiger partial charge in [-0.2, -0.15) is 0 Å². The minimum atomic E-state index is -3.96. The summed E-state index contributed by atoms with van der Waals surface area (Å²) in [6.45, 7) is -3.96. The quantitative estimate of drug-likeness (QED) is 0.161. The first-order chi connectivity index (χ1) is 49.1. The average molecular weight is 856 g/mol. The van der Waals surface area contributed by atoms with Gasteiger partial charge in [-0.25, -0.2) is 0 Å². The molecule has 0 N–H and O–H groups in total. The van der Waals surface area contributed by atoms with Crippen LogP contribution in [0.5, 0.6) is 0 Å². The number of fused-ring (bicyclic) bond motifs is 13. The molecule has 0 saturated carbocycles. The molecule has 300 valence electrons. The third kappa shape index (κ3) is 5.31. The van der Waals surface area contributed by atoms with Crippen molar-refractivity contribution in [3.05, 3.63) is 269 Å². The number of anilines is 3. The van der Waals surface area contributed by atoms with E-state index in [9.17, 15) is 34.3 Å². The zero-order valence-corrected chi connectivity index (χ0v) is 32.0. The van der Waals surface area contributed by atoms with Gasteiger partial charge >= 0.3 is 0 Å². The molecule has 0 aromatic heterocycles. The number of nitrogens with zero attached hydrogens (tertiary/aromatic N) is 1. The Labute approximate surface area is 434 Å². The normalized spacial score (nSPS) is 26.4. The molecule has 13 rings (SSSR count). The summed E-state index contributed by atoms with van der Waals surface area (Å²) in [7, 11) is 0. The Balaban J connectivity index is 1.37. The van der Waals surface area contributed by atoms with Gasteiger partial charge in [-0.05, 0) is 137 Å². The summed E-state index contributed by atoms with van der Waals surface area (Å²) in [6, 6.07) is -46.3. The Morgan fingerprint density at radius 2 is 0.875 bits per heavy atom. The zero-order chi connectivity index (χ0) is 78.8. The molecule has 1 nitrogen and oxygen atoms in total. The third-order valence-corrected chi connectivity index (χ3v) is 11.0. The van der Waals surface area contributed by atoms with E-state index < -0.39 is 365 Å². The van der Waals surface area contributed by atoms with Crippen molar-refractivity contribution in [1.82, 2.24) is 0 Å². The highest BCUT2D eigenvalue weighted by atomic mass is 15.1. The van der Waals surface area contributed by atoms with Gasteiger partial charge in [0.1, 0.15) is 0 Å². The van der Waals surface area contributed by atoms with Crippen molar-refractivity contribution in [1.29, 1.82) is 0 Å². The van der Waals surface area contributed by atoms with Crippen LogP contribution in [0.25, 0.3) is 66.8 Å². The Morgan fingerprint density at radius 1 is 0.375 bits per heavy atom. The van der Waals surface area contributed by atoms with Crippen molar-refractivity contribution in [2.45, 2.75) is 18.2 Å². The van der Waals surface area contributed by atoms with Crippen LogP contribution < -0.4 is 4.90 Å². The second-order valence-electron chi connectivity index (χ2n) is 14.2. The van der Waals surface area contributed by atoms with Gasteiger partial charge in [0.25, 0.3) is 0 Å². The molecule has 10 aromatic rings. The lowest BCUT2D eigenvalue weighted by molar-refractivity contribution is 0.794. The molecule has 3 aliphatic rings. The molecule has 0 fully saturated rings. The number of benzene rings is 10. The van der Waals surface area contributed by atoms with E-state index in [1.165, 1.54) is 0 Å². The molecule has 2 atom stereocenters. The van der Waals surface area contributed by atoms with Gasteiger partial charge in [0.15, 0.2) is 0 Å². The van der Waals surface area contributed by atoms with E-state index in [1.807, 2.05) is 0 Å². The fourth-order valence-electron chi connectivity index (χ4n) is 8.37. The molecule has 0 heterocycles. The molecular formula is C63H43N. The van der Waals surface area contributed by atoms with E-state index in [4.69, 9.17) is 23.3 Å². The molecule has 0 aliphatic heterocycles. The van der Waals surface area contributed by atoms with Crippen LogP contribution in [0.15, 0.2) is 236 Å². The zero-order valence-electron chi connectivity index (χ0n) is 74.0. The molecule has 0 bridgehead atoms. The maximum atomic E-state index is 11.2. The lowest BCUT2D eigenvalue weighted by Gasteiger charge is -2.33. The Morgan fingerprint density at radius 3 is 1.61 bits per heavy atom. The van der Waals surface area contributed by atoms with Crippen LogP contribution in [0.3, 0.4) is 0 Å². The summed E-state index contributed by atoms with van der Waals surface area (Å²) in [5, 5.41) is 0. The monoisotopic (exact) mass is 856 g/mol. The second-order valence-corrected chi connectivity index (χ2v) is 14.2. The van der Waals surface area contributed by atoms with Crippen LogP contribution in [0.4, 0.5) is 17.1 Å². The van der Waals surface area contributed by atoms with Gasteiger partial charge in [-0.15, -0.1) is 0 Å². The van der Waals surface area contributed by atoms with Gasteiger partial charge in [0.05, 0.1) is 63.2 Å². The molecule has 10 aromatic carbocycles. The predicted octanol–water partition coefficient (Wildman–Crippen LogP) is 16.6. The maximum Gasteiger partial charge on any atom is 0.0726 e. The molecule has 1 spiro atoms. The first-order valence-electron chi connectivity index (χ1n) is 40.0. The standard InChI is InChI=1S/C63H43N/c1-41-49-23-11-12-25-51(49)52-35-31-47(39-57(41)52)64(62-28-16-14-24-50(62)44-21-9-4-10-22-44)48-32-36-56-53-26-13-15-27-58(53)63(61(56)40-48)59-37-45(42-17-5-2-6-18-42)29-33-54(59)55-34-30-46(38-60(55)63)43-19-7-3-8-20-43/h2-41H,1H3/i1D3,2D,3D,4D,5D,6D,7D,8D,9D,10D,11D,12D,13D,14D,15D,16D,17D,18D,19D,21D,22D,23D,24D,25D,26D,27D,28D,29D,30D,31D,32D,33D,34D,35D,36D,37D,38D,39D,40D,41D. The number of hydrogen-bond acceptors (Lipinski definition) is 1. The van der Waals surface area contributed by atoms with E-state index in [-0.39, 0.29) is 4.90 Å². The lowest BCUT2D eigenvalue weighted by atomic mass is 9.69. The van der Waals surface area contributed by atoms with E-state index in [0.29, 0.717) is 0 Å². The van der Waals surface area contributed by atoms with E-state index in [2.05, 4.69) is 0 Å². The minimum Gasteiger partial charge on any atom is -0.310 e. The van der Waals surface area contributed by atoms with Gasteiger partial charge < -0.3 is 4.90 Å². The fraction of sp³-hybridized carbons (Fsp3) is 0.0476. The SMILES string of the molecule is [2H]c1cc(-c2c([2H])c([2H])c3c(c2[2H])C2(c4c([2H])c([2H])c([2H])c([2H])c4-c4c([2H])c([2H])c(N(c5c([2H])c([2H])c6c(c5[2H])C([2H])(C([2H])([2H])[2H])c5c([2H])c([2H])c([2H])c([2H])c5-6)c5c([2H])c([2H])c([2H])c([2H])c5-c5c([2H])c([2H])c([2H])c([2H])c5[2H])c([2H])c42)c2c([2H])c(-c4c([2H])c([2H])c([2H])c([2H])c4[2H])c([2H])c([2H])c2-3)c([2H])c([2H])c1[2H]. The van der Waals surface area contributed by atoms with Crippen LogP contribution in [0, 0.1) is 0 Å². The Hall–Kier alpha value is -8.00. The van der Waals surface area contributed by atoms with Gasteiger partial charge in [-0.1, -0.05) is 200 Å². The average Bonchev–Trinajstić information content (AvgIpc) is 1.47. The summed E-state index contributed by atoms with van der Waals surface area (Å²) < 4.78 is 397. The summed E-state index contributed by atoms with van der Waals surface area (Å²) >= 11 is 0. The fourth-order valence-corrected chi connectivity index (χ4v) is 8.37. The summed E-state index contributed by atoms with van der Waals surface area (Å²) in [4.78, 5) is 0.124. The number of hydrogen-bond donors (Lipinski definition) is 0. The van der Waals surface area contributed by atoms with Crippen molar-refractivity contribution in [2.75, 3.05) is 4.90 Å². The second kappa shape index (κ2) is 14.3.